The molecule has 8 nitrogen and oxygen atoms in total. The van der Waals surface area contributed by atoms with Crippen molar-refractivity contribution in [2.75, 3.05) is 6.54 Å². The number of rotatable bonds is 5. The summed E-state index contributed by atoms with van der Waals surface area (Å²) in [6, 6.07) is 0. The first-order valence-corrected chi connectivity index (χ1v) is 2.58. The maximum absolute atomic E-state index is 9.92. The quantitative estimate of drug-likeness (QED) is 0.133. The van der Waals surface area contributed by atoms with Crippen LogP contribution in [0.25, 0.3) is 0 Å². The van der Waals surface area contributed by atoms with Crippen molar-refractivity contribution in [2.45, 2.75) is 0 Å². The number of hydrogen-bond acceptors (Lipinski definition) is 6. The molecule has 0 spiro atoms. The standard InChI is InChI=1S/C3H9N5O3/c4-7-5-2-6-8(11)1-3(9)10/h2,7,11H,1,4H2,(H,5,6)(H,9,10). The van der Waals surface area contributed by atoms with Crippen molar-refractivity contribution in [1.82, 2.24) is 16.1 Å². The van der Waals surface area contributed by atoms with Crippen LogP contribution in [0.3, 0.4) is 0 Å². The van der Waals surface area contributed by atoms with Crippen molar-refractivity contribution in [3.8, 4) is 0 Å². The molecule has 0 heterocycles. The van der Waals surface area contributed by atoms with Crippen LogP contribution < -0.4 is 16.8 Å². The van der Waals surface area contributed by atoms with E-state index in [1.54, 1.807) is 0 Å². The summed E-state index contributed by atoms with van der Waals surface area (Å²) in [6.45, 7) is -0.559. The lowest BCUT2D eigenvalue weighted by Crippen LogP contribution is -2.38. The fourth-order valence-electron chi connectivity index (χ4n) is 0.307. The Labute approximate surface area is 62.2 Å². The number of hydrazone groups is 1. The number of hydroxylamine groups is 1. The molecule has 0 unspecified atom stereocenters. The maximum atomic E-state index is 9.92. The van der Waals surface area contributed by atoms with Crippen molar-refractivity contribution in [1.29, 1.82) is 0 Å². The Balaban J connectivity index is 3.44. The third-order valence-corrected chi connectivity index (χ3v) is 0.631. The van der Waals surface area contributed by atoms with Crippen molar-refractivity contribution >= 4 is 12.3 Å². The third-order valence-electron chi connectivity index (χ3n) is 0.631. The number of nitrogens with one attached hydrogen (secondary N) is 2. The summed E-state index contributed by atoms with van der Waals surface area (Å²) < 4.78 is 0. The van der Waals surface area contributed by atoms with E-state index in [4.69, 9.17) is 16.2 Å². The van der Waals surface area contributed by atoms with Gasteiger partial charge in [0, 0.05) is 0 Å². The van der Waals surface area contributed by atoms with E-state index in [0.29, 0.717) is 5.17 Å². The third kappa shape index (κ3) is 6.51. The van der Waals surface area contributed by atoms with E-state index in [1.165, 1.54) is 0 Å². The van der Waals surface area contributed by atoms with Crippen molar-refractivity contribution in [2.24, 2.45) is 10.9 Å². The van der Waals surface area contributed by atoms with E-state index in [-0.39, 0.29) is 0 Å². The zero-order valence-electron chi connectivity index (χ0n) is 5.56. The molecule has 0 aliphatic carbocycles. The monoisotopic (exact) mass is 163 g/mol. The molecule has 0 aliphatic rings. The number of nitrogens with zero attached hydrogens (tertiary/aromatic N) is 2. The number of nitrogens with two attached hydrogens (primary N) is 1. The van der Waals surface area contributed by atoms with Gasteiger partial charge in [0.15, 0.2) is 0 Å². The van der Waals surface area contributed by atoms with E-state index in [2.05, 4.69) is 10.5 Å². The molecule has 0 radical (unpaired) electrons. The van der Waals surface area contributed by atoms with Crippen LogP contribution in [0.2, 0.25) is 0 Å². The largest absolute Gasteiger partial charge is 0.480 e. The second kappa shape index (κ2) is 5.41. The summed E-state index contributed by atoms with van der Waals surface area (Å²) in [5.41, 5.74) is 3.99. The van der Waals surface area contributed by atoms with Gasteiger partial charge in [-0.3, -0.25) is 15.4 Å². The van der Waals surface area contributed by atoms with Crippen LogP contribution in [0.15, 0.2) is 5.10 Å². The van der Waals surface area contributed by atoms with E-state index in [9.17, 15) is 4.79 Å². The van der Waals surface area contributed by atoms with Crippen LogP contribution in [-0.4, -0.2) is 34.3 Å². The highest BCUT2D eigenvalue weighted by Crippen LogP contribution is 1.70. The van der Waals surface area contributed by atoms with Crippen molar-refractivity contribution in [3.05, 3.63) is 0 Å². The Morgan fingerprint density at radius 2 is 2.45 bits per heavy atom. The maximum Gasteiger partial charge on any atom is 0.322 e. The number of carboxylic acids is 1. The first kappa shape index (κ1) is 9.62. The minimum absolute atomic E-state index is 0.336. The SMILES string of the molecule is NNN=CNN(O)CC(=O)O. The van der Waals surface area contributed by atoms with Crippen molar-refractivity contribution in [3.63, 3.8) is 0 Å². The fourth-order valence-corrected chi connectivity index (χ4v) is 0.307. The van der Waals surface area contributed by atoms with Gasteiger partial charge in [0.1, 0.15) is 12.9 Å². The Morgan fingerprint density at radius 3 is 2.91 bits per heavy atom. The molecule has 0 bridgehead atoms. The molecule has 64 valence electrons. The normalized spacial score (nSPS) is 10.5. The van der Waals surface area contributed by atoms with Gasteiger partial charge in [-0.1, -0.05) is 5.17 Å². The molecule has 0 aliphatic heterocycles. The first-order valence-electron chi connectivity index (χ1n) is 2.58. The molecule has 0 saturated carbocycles. The van der Waals surface area contributed by atoms with Gasteiger partial charge >= 0.3 is 5.97 Å². The Bertz CT molecular complexity index is 148. The average Bonchev–Trinajstić information content (AvgIpc) is 1.86. The molecule has 0 aromatic heterocycles. The van der Waals surface area contributed by atoms with E-state index in [0.717, 1.165) is 6.34 Å². The highest BCUT2D eigenvalue weighted by atomic mass is 16.5. The predicted molar refractivity (Wildman–Crippen MR) is 35.1 cm³/mol. The molecule has 6 N–H and O–H groups in total. The van der Waals surface area contributed by atoms with Gasteiger partial charge < -0.3 is 5.11 Å². The molecule has 8 heteroatoms. The van der Waals surface area contributed by atoms with Gasteiger partial charge in [0.25, 0.3) is 0 Å². The summed E-state index contributed by atoms with van der Waals surface area (Å²) in [5, 5.41) is 20.3. The van der Waals surface area contributed by atoms with E-state index >= 15 is 0 Å². The zero-order chi connectivity index (χ0) is 8.69. The summed E-state index contributed by atoms with van der Waals surface area (Å²) in [6.07, 6.45) is 0.989. The smallest absolute Gasteiger partial charge is 0.322 e. The van der Waals surface area contributed by atoms with Crippen LogP contribution in [0.4, 0.5) is 0 Å². The minimum Gasteiger partial charge on any atom is -0.480 e. The molecule has 0 rings (SSSR count). The summed E-state index contributed by atoms with van der Waals surface area (Å²) in [4.78, 5) is 9.92. The second-order valence-corrected chi connectivity index (χ2v) is 1.47. The summed E-state index contributed by atoms with van der Waals surface area (Å²) in [5.74, 6) is 3.54. The van der Waals surface area contributed by atoms with Gasteiger partial charge in [-0.25, -0.2) is 11.4 Å². The van der Waals surface area contributed by atoms with Gasteiger partial charge in [-0.15, -0.1) is 0 Å². The molecule has 0 saturated heterocycles. The fraction of sp³-hybridized carbons (Fsp3) is 0.333. The van der Waals surface area contributed by atoms with Gasteiger partial charge in [0.05, 0.1) is 0 Å². The summed E-state index contributed by atoms with van der Waals surface area (Å²) in [7, 11) is 0. The molecule has 0 atom stereocenters. The van der Waals surface area contributed by atoms with Crippen LogP contribution >= 0.6 is 0 Å². The molecule has 0 aromatic rings. The lowest BCUT2D eigenvalue weighted by Gasteiger charge is -2.09. The van der Waals surface area contributed by atoms with Gasteiger partial charge in [0.2, 0.25) is 0 Å². The molecule has 0 aromatic carbocycles. The molecular formula is C3H9N5O3. The first-order chi connectivity index (χ1) is 5.16. The molecule has 0 amide bonds. The minimum atomic E-state index is -1.17. The number of hydrazine groups is 2. The summed E-state index contributed by atoms with van der Waals surface area (Å²) >= 11 is 0. The number of hydrogen-bond donors (Lipinski definition) is 5. The highest BCUT2D eigenvalue weighted by molar-refractivity contribution is 5.69. The lowest BCUT2D eigenvalue weighted by atomic mass is 10.7. The second-order valence-electron chi connectivity index (χ2n) is 1.47. The number of carbonyl (C=O) groups is 1. The lowest BCUT2D eigenvalue weighted by molar-refractivity contribution is -0.159. The number of aliphatic carboxylic acids is 1. The van der Waals surface area contributed by atoms with Gasteiger partial charge in [-0.2, -0.15) is 5.10 Å². The van der Waals surface area contributed by atoms with Crippen LogP contribution in [-0.2, 0) is 4.79 Å². The van der Waals surface area contributed by atoms with Gasteiger partial charge in [-0.05, 0) is 0 Å². The Kier molecular flexibility index (Phi) is 4.73. The average molecular weight is 163 g/mol. The molecule has 11 heavy (non-hydrogen) atoms. The van der Waals surface area contributed by atoms with E-state index in [1.807, 2.05) is 5.53 Å². The predicted octanol–water partition coefficient (Wildman–Crippen LogP) is -2.33. The number of carboxylic acid groups (broad SMARTS) is 1. The Hall–Kier alpha value is -1.38. The van der Waals surface area contributed by atoms with Crippen LogP contribution in [0.5, 0.6) is 0 Å². The van der Waals surface area contributed by atoms with Crippen LogP contribution in [0, 0.1) is 0 Å². The highest BCUT2D eigenvalue weighted by Gasteiger charge is 2.02. The van der Waals surface area contributed by atoms with E-state index < -0.39 is 12.5 Å². The Morgan fingerprint density at radius 1 is 1.82 bits per heavy atom. The zero-order valence-corrected chi connectivity index (χ0v) is 5.56. The van der Waals surface area contributed by atoms with Crippen LogP contribution in [0.1, 0.15) is 0 Å². The molecule has 0 fully saturated rings. The topological polar surface area (TPSA) is 123 Å². The van der Waals surface area contributed by atoms with Crippen molar-refractivity contribution < 1.29 is 15.1 Å². The molecular weight excluding hydrogens is 154 g/mol.